The molecule has 0 bridgehead atoms. The molecule has 0 fully saturated rings. The van der Waals surface area contributed by atoms with E-state index in [0.29, 0.717) is 6.42 Å². The lowest BCUT2D eigenvalue weighted by Crippen LogP contribution is -2.07. The van der Waals surface area contributed by atoms with E-state index >= 15 is 0 Å². The molecule has 4 nitrogen and oxygen atoms in total. The lowest BCUT2D eigenvalue weighted by Gasteiger charge is -2.08. The first kappa shape index (κ1) is 13.1. The summed E-state index contributed by atoms with van der Waals surface area (Å²) >= 11 is 0. The van der Waals surface area contributed by atoms with Gasteiger partial charge in [-0.1, -0.05) is 17.3 Å². The lowest BCUT2D eigenvalue weighted by atomic mass is 10.1. The van der Waals surface area contributed by atoms with E-state index in [0.717, 1.165) is 18.5 Å². The van der Waals surface area contributed by atoms with Gasteiger partial charge in [-0.15, -0.1) is 0 Å². The summed E-state index contributed by atoms with van der Waals surface area (Å²) in [7, 11) is 0. The number of rotatable bonds is 4. The van der Waals surface area contributed by atoms with Crippen molar-refractivity contribution in [3.8, 4) is 0 Å². The molecule has 1 heterocycles. The molecular formula is C10H9F3N4. The second kappa shape index (κ2) is 5.91. The van der Waals surface area contributed by atoms with Crippen LogP contribution in [0.1, 0.15) is 17.5 Å². The van der Waals surface area contributed by atoms with Crippen molar-refractivity contribution in [2.45, 2.75) is 12.6 Å². The first-order valence-electron chi connectivity index (χ1n) is 4.74. The number of pyridine rings is 1. The average molecular weight is 242 g/mol. The highest BCUT2D eigenvalue weighted by Crippen LogP contribution is 2.31. The number of azide groups is 1. The van der Waals surface area contributed by atoms with Gasteiger partial charge in [0.05, 0.1) is 5.56 Å². The molecule has 1 rings (SSSR count). The molecule has 0 unspecified atom stereocenters. The second-order valence-electron chi connectivity index (χ2n) is 3.11. The fourth-order valence-electron chi connectivity index (χ4n) is 1.18. The van der Waals surface area contributed by atoms with Crippen LogP contribution in [0.15, 0.2) is 29.7 Å². The molecule has 0 aliphatic heterocycles. The van der Waals surface area contributed by atoms with Crippen molar-refractivity contribution in [3.05, 3.63) is 46.1 Å². The fraction of sp³-hybridized carbons (Fsp3) is 0.300. The van der Waals surface area contributed by atoms with Crippen LogP contribution in [0, 0.1) is 0 Å². The zero-order valence-corrected chi connectivity index (χ0v) is 8.72. The minimum absolute atomic E-state index is 0.000868. The summed E-state index contributed by atoms with van der Waals surface area (Å²) in [4.78, 5) is 6.18. The zero-order valence-electron chi connectivity index (χ0n) is 8.72. The van der Waals surface area contributed by atoms with E-state index in [1.807, 2.05) is 0 Å². The minimum atomic E-state index is -4.40. The molecule has 0 radical (unpaired) electrons. The van der Waals surface area contributed by atoms with Crippen LogP contribution in [0.3, 0.4) is 0 Å². The van der Waals surface area contributed by atoms with Crippen LogP contribution in [0.2, 0.25) is 0 Å². The summed E-state index contributed by atoms with van der Waals surface area (Å²) in [6, 6.07) is 0.924. The van der Waals surface area contributed by atoms with Gasteiger partial charge >= 0.3 is 6.18 Å². The zero-order chi connectivity index (χ0) is 12.7. The summed E-state index contributed by atoms with van der Waals surface area (Å²) in [6.45, 7) is 0.217. The molecule has 1 aromatic rings. The maximum atomic E-state index is 12.6. The molecular weight excluding hydrogens is 233 g/mol. The van der Waals surface area contributed by atoms with Gasteiger partial charge in [0.1, 0.15) is 0 Å². The van der Waals surface area contributed by atoms with Gasteiger partial charge in [0.15, 0.2) is 0 Å². The Kier molecular flexibility index (Phi) is 4.54. The summed E-state index contributed by atoms with van der Waals surface area (Å²) in [6.07, 6.45) is 1.07. The van der Waals surface area contributed by atoms with Crippen molar-refractivity contribution in [1.29, 1.82) is 0 Å². The van der Waals surface area contributed by atoms with Crippen LogP contribution in [0.5, 0.6) is 0 Å². The molecule has 0 aliphatic rings. The molecule has 0 N–H and O–H groups in total. The minimum Gasteiger partial charge on any atom is -0.264 e. The van der Waals surface area contributed by atoms with Gasteiger partial charge < -0.3 is 0 Å². The normalized spacial score (nSPS) is 11.5. The standard InChI is InChI=1S/C10H9F3N4/c11-10(12,13)9-4-6-15-7-8(9)3-1-2-5-16-17-14/h1,3-4,6-7H,2,5H2. The van der Waals surface area contributed by atoms with E-state index in [1.165, 1.54) is 12.2 Å². The number of nitrogens with zero attached hydrogens (tertiary/aromatic N) is 4. The molecule has 17 heavy (non-hydrogen) atoms. The van der Waals surface area contributed by atoms with E-state index < -0.39 is 11.7 Å². The first-order chi connectivity index (χ1) is 8.05. The molecule has 0 saturated heterocycles. The van der Waals surface area contributed by atoms with Crippen LogP contribution >= 0.6 is 0 Å². The van der Waals surface area contributed by atoms with E-state index in [4.69, 9.17) is 5.53 Å². The number of alkyl halides is 3. The predicted octanol–water partition coefficient (Wildman–Crippen LogP) is 3.81. The van der Waals surface area contributed by atoms with Crippen LogP contribution in [-0.4, -0.2) is 11.5 Å². The Hall–Kier alpha value is -2.01. The molecule has 0 aromatic carbocycles. The largest absolute Gasteiger partial charge is 0.417 e. The van der Waals surface area contributed by atoms with Gasteiger partial charge in [-0.25, -0.2) is 0 Å². The smallest absolute Gasteiger partial charge is 0.264 e. The van der Waals surface area contributed by atoms with Crippen molar-refractivity contribution in [3.63, 3.8) is 0 Å². The number of hydrogen-bond acceptors (Lipinski definition) is 2. The van der Waals surface area contributed by atoms with Gasteiger partial charge in [0, 0.05) is 29.4 Å². The molecule has 90 valence electrons. The molecule has 0 saturated carbocycles. The van der Waals surface area contributed by atoms with Crippen molar-refractivity contribution in [2.75, 3.05) is 6.54 Å². The molecule has 0 amide bonds. The number of halogens is 3. The number of hydrogen-bond donors (Lipinski definition) is 0. The Labute approximate surface area is 95.4 Å². The first-order valence-corrected chi connectivity index (χ1v) is 4.74. The highest BCUT2D eigenvalue weighted by atomic mass is 19.4. The fourth-order valence-corrected chi connectivity index (χ4v) is 1.18. The summed E-state index contributed by atoms with van der Waals surface area (Å²) in [5, 5.41) is 3.27. The quantitative estimate of drug-likeness (QED) is 0.342. The maximum Gasteiger partial charge on any atom is 0.417 e. The molecule has 7 heteroatoms. The van der Waals surface area contributed by atoms with E-state index in [9.17, 15) is 13.2 Å². The van der Waals surface area contributed by atoms with Crippen molar-refractivity contribution in [1.82, 2.24) is 4.98 Å². The SMILES string of the molecule is [N-]=[N+]=NCCC=Cc1cnccc1C(F)(F)F. The van der Waals surface area contributed by atoms with Crippen LogP contribution in [-0.2, 0) is 6.18 Å². The van der Waals surface area contributed by atoms with E-state index in [2.05, 4.69) is 15.0 Å². The summed E-state index contributed by atoms with van der Waals surface area (Å²) in [5.74, 6) is 0. The van der Waals surface area contributed by atoms with Crippen LogP contribution in [0.4, 0.5) is 13.2 Å². The third-order valence-electron chi connectivity index (χ3n) is 1.91. The van der Waals surface area contributed by atoms with Crippen molar-refractivity contribution in [2.24, 2.45) is 5.11 Å². The molecule has 0 spiro atoms. The Morgan fingerprint density at radius 2 is 2.24 bits per heavy atom. The molecule has 1 aromatic heterocycles. The summed E-state index contributed by atoms with van der Waals surface area (Å²) in [5.41, 5.74) is 7.28. The highest BCUT2D eigenvalue weighted by molar-refractivity contribution is 5.53. The van der Waals surface area contributed by atoms with Crippen molar-refractivity contribution < 1.29 is 13.2 Å². The van der Waals surface area contributed by atoms with Crippen LogP contribution < -0.4 is 0 Å². The van der Waals surface area contributed by atoms with E-state index in [1.54, 1.807) is 0 Å². The third-order valence-corrected chi connectivity index (χ3v) is 1.91. The van der Waals surface area contributed by atoms with Gasteiger partial charge in [-0.05, 0) is 18.0 Å². The average Bonchev–Trinajstić information content (AvgIpc) is 2.28. The predicted molar refractivity (Wildman–Crippen MR) is 56.9 cm³/mol. The molecule has 0 aliphatic carbocycles. The van der Waals surface area contributed by atoms with Gasteiger partial charge in [0.25, 0.3) is 0 Å². The second-order valence-corrected chi connectivity index (χ2v) is 3.11. The number of aromatic nitrogens is 1. The Morgan fingerprint density at radius 1 is 1.47 bits per heavy atom. The topological polar surface area (TPSA) is 61.7 Å². The van der Waals surface area contributed by atoms with E-state index in [-0.39, 0.29) is 12.1 Å². The van der Waals surface area contributed by atoms with Gasteiger partial charge in [0.2, 0.25) is 0 Å². The lowest BCUT2D eigenvalue weighted by molar-refractivity contribution is -0.137. The monoisotopic (exact) mass is 242 g/mol. The Morgan fingerprint density at radius 3 is 2.88 bits per heavy atom. The third kappa shape index (κ3) is 4.16. The van der Waals surface area contributed by atoms with Gasteiger partial charge in [-0.3, -0.25) is 4.98 Å². The Balaban J connectivity index is 2.80. The summed E-state index contributed by atoms with van der Waals surface area (Å²) < 4.78 is 37.7. The highest BCUT2D eigenvalue weighted by Gasteiger charge is 2.32. The van der Waals surface area contributed by atoms with Crippen molar-refractivity contribution >= 4 is 6.08 Å². The van der Waals surface area contributed by atoms with Gasteiger partial charge in [-0.2, -0.15) is 13.2 Å². The molecule has 0 atom stereocenters. The van der Waals surface area contributed by atoms with Crippen LogP contribution in [0.25, 0.3) is 16.5 Å². The Bertz CT molecular complexity index is 447. The maximum absolute atomic E-state index is 12.6.